The van der Waals surface area contributed by atoms with Crippen molar-refractivity contribution in [3.8, 4) is 17.2 Å². The van der Waals surface area contributed by atoms with Gasteiger partial charge in [0.2, 0.25) is 0 Å². The molecule has 0 bridgehead atoms. The Balaban J connectivity index is 1.53. The second-order valence-electron chi connectivity index (χ2n) is 6.69. The zero-order valence-corrected chi connectivity index (χ0v) is 16.2. The van der Waals surface area contributed by atoms with E-state index < -0.39 is 0 Å². The number of aromatic nitrogens is 1. The van der Waals surface area contributed by atoms with Gasteiger partial charge in [0.15, 0.2) is 0 Å². The molecule has 0 saturated carbocycles. The predicted molar refractivity (Wildman–Crippen MR) is 108 cm³/mol. The van der Waals surface area contributed by atoms with Gasteiger partial charge in [-0.15, -0.1) is 0 Å². The maximum Gasteiger partial charge on any atom is 0.258 e. The quantitative estimate of drug-likeness (QED) is 0.665. The summed E-state index contributed by atoms with van der Waals surface area (Å²) < 4.78 is 17.0. The smallest absolute Gasteiger partial charge is 0.258 e. The monoisotopic (exact) mass is 390 g/mol. The number of benzene rings is 2. The molecule has 3 aromatic rings. The normalized spacial score (nSPS) is 13.1. The fourth-order valence-electron chi connectivity index (χ4n) is 3.23. The highest BCUT2D eigenvalue weighted by atomic mass is 16.5. The average Bonchev–Trinajstić information content (AvgIpc) is 3.00. The molecule has 0 atom stereocenters. The summed E-state index contributed by atoms with van der Waals surface area (Å²) in [6.07, 6.45) is 3.47. The number of pyridine rings is 1. The summed E-state index contributed by atoms with van der Waals surface area (Å²) in [6.45, 7) is 1.73. The van der Waals surface area contributed by atoms with Crippen molar-refractivity contribution in [2.75, 3.05) is 20.3 Å². The highest BCUT2D eigenvalue weighted by Crippen LogP contribution is 2.29. The molecule has 0 unspecified atom stereocenters. The van der Waals surface area contributed by atoms with Crippen LogP contribution in [0.15, 0.2) is 67.0 Å². The van der Waals surface area contributed by atoms with Gasteiger partial charge in [-0.05, 0) is 30.3 Å². The Morgan fingerprint density at radius 2 is 2.07 bits per heavy atom. The van der Waals surface area contributed by atoms with Gasteiger partial charge >= 0.3 is 0 Å². The third kappa shape index (κ3) is 4.32. The number of carbonyl (C=O) groups excluding carboxylic acids is 1. The second-order valence-corrected chi connectivity index (χ2v) is 6.69. The molecule has 2 aromatic carbocycles. The van der Waals surface area contributed by atoms with Crippen LogP contribution in [0.2, 0.25) is 0 Å². The minimum Gasteiger partial charge on any atom is -0.497 e. The highest BCUT2D eigenvalue weighted by molar-refractivity contribution is 5.97. The van der Waals surface area contributed by atoms with Crippen LogP contribution in [0.3, 0.4) is 0 Å². The van der Waals surface area contributed by atoms with E-state index in [1.165, 1.54) is 0 Å². The Kier molecular flexibility index (Phi) is 5.61. The van der Waals surface area contributed by atoms with Crippen LogP contribution in [0.4, 0.5) is 0 Å². The van der Waals surface area contributed by atoms with Gasteiger partial charge in [0, 0.05) is 36.1 Å². The number of hydrogen-bond acceptors (Lipinski definition) is 5. The van der Waals surface area contributed by atoms with Crippen LogP contribution in [-0.4, -0.2) is 36.1 Å². The topological polar surface area (TPSA) is 60.9 Å². The van der Waals surface area contributed by atoms with Crippen LogP contribution in [0, 0.1) is 0 Å². The zero-order chi connectivity index (χ0) is 20.1. The first-order chi connectivity index (χ1) is 14.2. The molecule has 0 saturated heterocycles. The third-order valence-electron chi connectivity index (χ3n) is 4.78. The van der Waals surface area contributed by atoms with Gasteiger partial charge in [0.05, 0.1) is 19.2 Å². The summed E-state index contributed by atoms with van der Waals surface area (Å²) >= 11 is 0. The molecule has 0 fully saturated rings. The van der Waals surface area contributed by atoms with E-state index in [-0.39, 0.29) is 5.91 Å². The van der Waals surface area contributed by atoms with E-state index in [4.69, 9.17) is 14.2 Å². The molecule has 1 aliphatic heterocycles. The lowest BCUT2D eigenvalue weighted by Crippen LogP contribution is -2.32. The Morgan fingerprint density at radius 3 is 2.90 bits per heavy atom. The van der Waals surface area contributed by atoms with E-state index in [0.29, 0.717) is 37.6 Å². The van der Waals surface area contributed by atoms with Crippen LogP contribution >= 0.6 is 0 Å². The van der Waals surface area contributed by atoms with E-state index in [1.807, 2.05) is 48.5 Å². The lowest BCUT2D eigenvalue weighted by molar-refractivity contribution is 0.0728. The van der Waals surface area contributed by atoms with Crippen molar-refractivity contribution in [1.82, 2.24) is 9.88 Å². The average molecular weight is 390 g/mol. The van der Waals surface area contributed by atoms with Crippen molar-refractivity contribution in [2.45, 2.75) is 13.2 Å². The minimum atomic E-state index is -0.0842. The number of hydrogen-bond donors (Lipinski definition) is 0. The van der Waals surface area contributed by atoms with E-state index in [9.17, 15) is 4.79 Å². The van der Waals surface area contributed by atoms with Gasteiger partial charge in [-0.1, -0.05) is 18.2 Å². The molecule has 2 heterocycles. The molecule has 1 amide bonds. The highest BCUT2D eigenvalue weighted by Gasteiger charge is 2.23. The Morgan fingerprint density at radius 1 is 1.17 bits per heavy atom. The molecule has 6 heteroatoms. The lowest BCUT2D eigenvalue weighted by atomic mass is 10.1. The molecule has 0 aliphatic carbocycles. The van der Waals surface area contributed by atoms with Gasteiger partial charge in [-0.3, -0.25) is 9.78 Å². The molecule has 29 heavy (non-hydrogen) atoms. The summed E-state index contributed by atoms with van der Waals surface area (Å²) in [5.74, 6) is 1.96. The lowest BCUT2D eigenvalue weighted by Gasteiger charge is -2.21. The number of carbonyl (C=O) groups is 1. The maximum atomic E-state index is 13.3. The number of amides is 1. The predicted octanol–water partition coefficient (Wildman–Crippen LogP) is 3.70. The zero-order valence-electron chi connectivity index (χ0n) is 16.2. The van der Waals surface area contributed by atoms with E-state index >= 15 is 0 Å². The maximum absolute atomic E-state index is 13.3. The summed E-state index contributed by atoms with van der Waals surface area (Å²) in [6, 6.07) is 16.8. The molecule has 148 valence electrons. The Labute approximate surface area is 169 Å². The van der Waals surface area contributed by atoms with Gasteiger partial charge in [-0.25, -0.2) is 0 Å². The first-order valence-electron chi connectivity index (χ1n) is 9.44. The fourth-order valence-corrected chi connectivity index (χ4v) is 3.23. The molecular weight excluding hydrogens is 368 g/mol. The largest absolute Gasteiger partial charge is 0.497 e. The standard InChI is InChI=1S/C23H22N2O4/c1-27-19-9-8-18-15-25(11-12-28-22(18)13-19)23(26)20-6-2-3-7-21(20)29-16-17-5-4-10-24-14-17/h2-10,13-14H,11-12,15-16H2,1H3. The molecule has 1 aromatic heterocycles. The SMILES string of the molecule is COc1ccc2c(c1)OCCN(C(=O)c1ccccc1OCc1cccnc1)C2. The third-order valence-corrected chi connectivity index (χ3v) is 4.78. The molecule has 6 nitrogen and oxygen atoms in total. The fraction of sp³-hybridized carbons (Fsp3) is 0.217. The van der Waals surface area contributed by atoms with Crippen molar-refractivity contribution < 1.29 is 19.0 Å². The Hall–Kier alpha value is -3.54. The van der Waals surface area contributed by atoms with Crippen molar-refractivity contribution in [3.63, 3.8) is 0 Å². The minimum absolute atomic E-state index is 0.0842. The number of rotatable bonds is 5. The first-order valence-corrected chi connectivity index (χ1v) is 9.44. The van der Waals surface area contributed by atoms with E-state index in [2.05, 4.69) is 4.98 Å². The summed E-state index contributed by atoms with van der Waals surface area (Å²) in [5.41, 5.74) is 2.43. The van der Waals surface area contributed by atoms with E-state index in [1.54, 1.807) is 30.5 Å². The first kappa shape index (κ1) is 18.8. The van der Waals surface area contributed by atoms with Crippen LogP contribution < -0.4 is 14.2 Å². The summed E-state index contributed by atoms with van der Waals surface area (Å²) in [4.78, 5) is 19.1. The van der Waals surface area contributed by atoms with Crippen molar-refractivity contribution in [3.05, 3.63) is 83.7 Å². The van der Waals surface area contributed by atoms with Crippen LogP contribution in [0.25, 0.3) is 0 Å². The number of methoxy groups -OCH3 is 1. The molecule has 0 radical (unpaired) electrons. The van der Waals surface area contributed by atoms with Crippen molar-refractivity contribution in [1.29, 1.82) is 0 Å². The van der Waals surface area contributed by atoms with Crippen molar-refractivity contribution in [2.24, 2.45) is 0 Å². The number of nitrogens with zero attached hydrogens (tertiary/aromatic N) is 2. The van der Waals surface area contributed by atoms with Crippen LogP contribution in [0.1, 0.15) is 21.5 Å². The molecular formula is C23H22N2O4. The van der Waals surface area contributed by atoms with E-state index in [0.717, 1.165) is 22.6 Å². The number of ether oxygens (including phenoxy) is 3. The van der Waals surface area contributed by atoms with Gasteiger partial charge in [-0.2, -0.15) is 0 Å². The van der Waals surface area contributed by atoms with Gasteiger partial charge in [0.1, 0.15) is 30.5 Å². The van der Waals surface area contributed by atoms with Crippen molar-refractivity contribution >= 4 is 5.91 Å². The van der Waals surface area contributed by atoms with Crippen LogP contribution in [-0.2, 0) is 13.2 Å². The summed E-state index contributed by atoms with van der Waals surface area (Å²) in [7, 11) is 1.62. The second kappa shape index (κ2) is 8.65. The van der Waals surface area contributed by atoms with Crippen LogP contribution in [0.5, 0.6) is 17.2 Å². The number of para-hydroxylation sites is 1. The molecule has 4 rings (SSSR count). The Bertz CT molecular complexity index is 991. The molecule has 0 N–H and O–H groups in total. The summed E-state index contributed by atoms with van der Waals surface area (Å²) in [5, 5.41) is 0. The number of fused-ring (bicyclic) bond motifs is 1. The molecule has 1 aliphatic rings. The molecule has 0 spiro atoms. The van der Waals surface area contributed by atoms with Gasteiger partial charge in [0.25, 0.3) is 5.91 Å². The van der Waals surface area contributed by atoms with Gasteiger partial charge < -0.3 is 19.1 Å².